The smallest absolute Gasteiger partial charge is 0.328 e. The first-order chi connectivity index (χ1) is 8.69. The van der Waals surface area contributed by atoms with Crippen LogP contribution in [0.2, 0.25) is 0 Å². The van der Waals surface area contributed by atoms with Crippen molar-refractivity contribution in [3.8, 4) is 17.0 Å². The number of carboxylic acids is 1. The normalized spacial score (nSPS) is 10.7. The molecule has 5 heteroatoms. The molecule has 4 nitrogen and oxygen atoms in total. The number of methoxy groups -OCH3 is 1. The van der Waals surface area contributed by atoms with Crippen LogP contribution in [0, 0.1) is 0 Å². The molecule has 1 heterocycles. The van der Waals surface area contributed by atoms with Crippen LogP contribution in [-0.4, -0.2) is 23.2 Å². The highest BCUT2D eigenvalue weighted by Crippen LogP contribution is 2.24. The minimum absolute atomic E-state index is 0.670. The van der Waals surface area contributed by atoms with Gasteiger partial charge in [-0.15, -0.1) is 11.3 Å². The summed E-state index contributed by atoms with van der Waals surface area (Å²) in [6.45, 7) is 0. The van der Waals surface area contributed by atoms with Crippen molar-refractivity contribution in [3.05, 3.63) is 40.7 Å². The fourth-order valence-corrected chi connectivity index (χ4v) is 2.12. The molecule has 2 aromatic rings. The van der Waals surface area contributed by atoms with Crippen molar-refractivity contribution in [2.45, 2.75) is 0 Å². The third kappa shape index (κ3) is 2.95. The Labute approximate surface area is 108 Å². The van der Waals surface area contributed by atoms with E-state index < -0.39 is 5.97 Å². The minimum Gasteiger partial charge on any atom is -0.497 e. The largest absolute Gasteiger partial charge is 0.497 e. The molecule has 0 bridgehead atoms. The highest BCUT2D eigenvalue weighted by atomic mass is 32.1. The first-order valence-electron chi connectivity index (χ1n) is 5.20. The highest BCUT2D eigenvalue weighted by molar-refractivity contribution is 7.10. The molecule has 18 heavy (non-hydrogen) atoms. The Hall–Kier alpha value is -2.14. The van der Waals surface area contributed by atoms with Crippen LogP contribution in [0.1, 0.15) is 5.01 Å². The van der Waals surface area contributed by atoms with Gasteiger partial charge in [-0.3, -0.25) is 0 Å². The first-order valence-corrected chi connectivity index (χ1v) is 6.08. The number of benzene rings is 1. The molecule has 2 rings (SSSR count). The van der Waals surface area contributed by atoms with Crippen molar-refractivity contribution in [2.24, 2.45) is 0 Å². The third-order valence-corrected chi connectivity index (χ3v) is 3.09. The lowest BCUT2D eigenvalue weighted by molar-refractivity contribution is -0.131. The Balaban J connectivity index is 2.20. The van der Waals surface area contributed by atoms with Crippen molar-refractivity contribution in [2.75, 3.05) is 7.11 Å². The fourth-order valence-electron chi connectivity index (χ4n) is 1.40. The highest BCUT2D eigenvalue weighted by Gasteiger charge is 2.03. The van der Waals surface area contributed by atoms with Gasteiger partial charge in [0.15, 0.2) is 0 Å². The zero-order valence-electron chi connectivity index (χ0n) is 9.66. The molecule has 0 aliphatic carbocycles. The molecule has 0 saturated heterocycles. The second-order valence-corrected chi connectivity index (χ2v) is 4.36. The average molecular weight is 261 g/mol. The number of carbonyl (C=O) groups is 1. The maximum absolute atomic E-state index is 10.4. The van der Waals surface area contributed by atoms with E-state index in [0.29, 0.717) is 5.01 Å². The Morgan fingerprint density at radius 3 is 2.72 bits per heavy atom. The summed E-state index contributed by atoms with van der Waals surface area (Å²) in [5.41, 5.74) is 1.80. The maximum Gasteiger partial charge on any atom is 0.328 e. The van der Waals surface area contributed by atoms with Crippen molar-refractivity contribution < 1.29 is 14.6 Å². The zero-order chi connectivity index (χ0) is 13.0. The molecule has 92 valence electrons. The second-order valence-electron chi connectivity index (χ2n) is 3.47. The summed E-state index contributed by atoms with van der Waals surface area (Å²) < 4.78 is 5.08. The number of carboxylic acid groups (broad SMARTS) is 1. The summed E-state index contributed by atoms with van der Waals surface area (Å²) >= 11 is 1.40. The summed E-state index contributed by atoms with van der Waals surface area (Å²) in [5, 5.41) is 11.1. The van der Waals surface area contributed by atoms with Crippen LogP contribution < -0.4 is 4.74 Å². The van der Waals surface area contributed by atoms with Crippen LogP contribution in [0.25, 0.3) is 17.3 Å². The molecule has 1 aromatic carbocycles. The topological polar surface area (TPSA) is 59.4 Å². The van der Waals surface area contributed by atoms with E-state index in [2.05, 4.69) is 4.98 Å². The van der Waals surface area contributed by atoms with Crippen LogP contribution >= 0.6 is 11.3 Å². The van der Waals surface area contributed by atoms with Crippen LogP contribution in [0.4, 0.5) is 0 Å². The summed E-state index contributed by atoms with van der Waals surface area (Å²) in [4.78, 5) is 14.7. The van der Waals surface area contributed by atoms with E-state index in [0.717, 1.165) is 23.1 Å². The number of aliphatic carboxylic acids is 1. The maximum atomic E-state index is 10.4. The molecule has 0 fully saturated rings. The Kier molecular flexibility index (Phi) is 3.74. The Bertz CT molecular complexity index is 572. The van der Waals surface area contributed by atoms with Gasteiger partial charge in [-0.05, 0) is 30.3 Å². The first kappa shape index (κ1) is 12.3. The van der Waals surface area contributed by atoms with Gasteiger partial charge in [0.1, 0.15) is 10.8 Å². The van der Waals surface area contributed by atoms with Crippen molar-refractivity contribution >= 4 is 23.4 Å². The summed E-state index contributed by atoms with van der Waals surface area (Å²) in [7, 11) is 1.62. The molecular formula is C13H11NO3S. The van der Waals surface area contributed by atoms with Crippen LogP contribution in [0.5, 0.6) is 5.75 Å². The molecule has 0 unspecified atom stereocenters. The third-order valence-electron chi connectivity index (χ3n) is 2.28. The van der Waals surface area contributed by atoms with E-state index in [9.17, 15) is 4.79 Å². The summed E-state index contributed by atoms with van der Waals surface area (Å²) in [6.07, 6.45) is 2.57. The van der Waals surface area contributed by atoms with Gasteiger partial charge in [0.25, 0.3) is 0 Å². The lowest BCUT2D eigenvalue weighted by Crippen LogP contribution is -1.85. The predicted octanol–water partition coefficient (Wildman–Crippen LogP) is 2.92. The van der Waals surface area contributed by atoms with Crippen molar-refractivity contribution in [1.29, 1.82) is 0 Å². The van der Waals surface area contributed by atoms with Gasteiger partial charge in [-0.2, -0.15) is 0 Å². The van der Waals surface area contributed by atoms with Crippen LogP contribution in [0.15, 0.2) is 35.7 Å². The van der Waals surface area contributed by atoms with E-state index in [4.69, 9.17) is 9.84 Å². The lowest BCUT2D eigenvalue weighted by atomic mass is 10.2. The minimum atomic E-state index is -0.976. The number of thiazole rings is 1. The molecule has 0 saturated carbocycles. The van der Waals surface area contributed by atoms with Crippen LogP contribution in [-0.2, 0) is 4.79 Å². The molecule has 0 spiro atoms. The monoisotopic (exact) mass is 261 g/mol. The molecular weight excluding hydrogens is 250 g/mol. The Morgan fingerprint density at radius 1 is 1.39 bits per heavy atom. The van der Waals surface area contributed by atoms with Crippen molar-refractivity contribution in [1.82, 2.24) is 4.98 Å². The molecule has 0 radical (unpaired) electrons. The van der Waals surface area contributed by atoms with Gasteiger partial charge in [0.2, 0.25) is 0 Å². The number of ether oxygens (including phenoxy) is 1. The number of hydrogen-bond donors (Lipinski definition) is 1. The number of aromatic nitrogens is 1. The van der Waals surface area contributed by atoms with Gasteiger partial charge >= 0.3 is 5.97 Å². The van der Waals surface area contributed by atoms with Gasteiger partial charge in [-0.25, -0.2) is 9.78 Å². The number of rotatable bonds is 4. The Morgan fingerprint density at radius 2 is 2.11 bits per heavy atom. The lowest BCUT2D eigenvalue weighted by Gasteiger charge is -2.00. The molecule has 1 aromatic heterocycles. The SMILES string of the molecule is COc1ccc(-c2csc(/C=C/C(=O)O)n2)cc1. The second kappa shape index (κ2) is 5.46. The molecule has 0 aliphatic rings. The molecule has 1 N–H and O–H groups in total. The number of hydrogen-bond acceptors (Lipinski definition) is 4. The summed E-state index contributed by atoms with van der Waals surface area (Å²) in [6, 6.07) is 7.56. The van der Waals surface area contributed by atoms with Gasteiger partial charge in [-0.1, -0.05) is 0 Å². The number of nitrogens with zero attached hydrogens (tertiary/aromatic N) is 1. The van der Waals surface area contributed by atoms with Gasteiger partial charge in [0.05, 0.1) is 12.8 Å². The summed E-state index contributed by atoms with van der Waals surface area (Å²) in [5.74, 6) is -0.184. The van der Waals surface area contributed by atoms with Crippen LogP contribution in [0.3, 0.4) is 0 Å². The van der Waals surface area contributed by atoms with E-state index in [1.165, 1.54) is 17.4 Å². The van der Waals surface area contributed by atoms with E-state index in [-0.39, 0.29) is 0 Å². The molecule has 0 atom stereocenters. The van der Waals surface area contributed by atoms with Crippen molar-refractivity contribution in [3.63, 3.8) is 0 Å². The van der Waals surface area contributed by atoms with E-state index in [1.807, 2.05) is 29.6 Å². The predicted molar refractivity (Wildman–Crippen MR) is 70.8 cm³/mol. The van der Waals surface area contributed by atoms with E-state index in [1.54, 1.807) is 7.11 Å². The average Bonchev–Trinajstić information content (AvgIpc) is 2.85. The molecule has 0 aliphatic heterocycles. The zero-order valence-corrected chi connectivity index (χ0v) is 10.5. The molecule has 0 amide bonds. The van der Waals surface area contributed by atoms with Gasteiger partial charge < -0.3 is 9.84 Å². The fraction of sp³-hybridized carbons (Fsp3) is 0.0769. The van der Waals surface area contributed by atoms with Gasteiger partial charge in [0, 0.05) is 17.0 Å². The van der Waals surface area contributed by atoms with E-state index >= 15 is 0 Å². The quantitative estimate of drug-likeness (QED) is 0.860. The standard InChI is InChI=1S/C13H11NO3S/c1-17-10-4-2-9(3-5-10)11-8-18-12(14-11)6-7-13(15)16/h2-8H,1H3,(H,15,16)/b7-6+.